The minimum absolute atomic E-state index is 0.0674. The largest absolute Gasteiger partial charge is 0.483 e. The molecule has 0 aromatic heterocycles. The van der Waals surface area contributed by atoms with Crippen molar-refractivity contribution in [1.29, 1.82) is 0 Å². The third-order valence-electron chi connectivity index (χ3n) is 9.83. The SMILES string of the molecule is Cc1ccc(OCC(=O)N2C[C@H](C)N(Cc3ccc(F)cc3)C[C@H]2C)c(C23CC4CC(CC(C4)C2)C3)c1. The smallest absolute Gasteiger partial charge is 0.260 e. The van der Waals surface area contributed by atoms with E-state index < -0.39 is 0 Å². The predicted molar refractivity (Wildman–Crippen MR) is 144 cm³/mol. The molecule has 7 rings (SSSR count). The molecule has 0 spiro atoms. The average Bonchev–Trinajstić information content (AvgIpc) is 2.85. The van der Waals surface area contributed by atoms with Gasteiger partial charge in [-0.25, -0.2) is 4.39 Å². The van der Waals surface area contributed by atoms with Gasteiger partial charge in [-0.1, -0.05) is 29.8 Å². The summed E-state index contributed by atoms with van der Waals surface area (Å²) < 4.78 is 19.7. The fourth-order valence-electron chi connectivity index (χ4n) is 8.44. The van der Waals surface area contributed by atoms with Crippen LogP contribution in [0.3, 0.4) is 0 Å². The molecule has 5 aliphatic rings. The average molecular weight is 505 g/mol. The van der Waals surface area contributed by atoms with Crippen molar-refractivity contribution in [3.05, 3.63) is 65.0 Å². The van der Waals surface area contributed by atoms with Crippen molar-refractivity contribution in [3.8, 4) is 5.75 Å². The van der Waals surface area contributed by atoms with Gasteiger partial charge in [0.25, 0.3) is 5.91 Å². The van der Waals surface area contributed by atoms with Gasteiger partial charge in [-0.2, -0.15) is 0 Å². The molecular weight excluding hydrogens is 463 g/mol. The third kappa shape index (κ3) is 4.92. The summed E-state index contributed by atoms with van der Waals surface area (Å²) in [4.78, 5) is 17.8. The molecule has 2 atom stereocenters. The number of nitrogens with zero attached hydrogens (tertiary/aromatic N) is 2. The van der Waals surface area contributed by atoms with Crippen LogP contribution in [0, 0.1) is 30.5 Å². The Morgan fingerprint density at radius 1 is 0.946 bits per heavy atom. The summed E-state index contributed by atoms with van der Waals surface area (Å²) in [6, 6.07) is 13.7. The Hall–Kier alpha value is -2.40. The number of aryl methyl sites for hydroxylation is 1. The molecule has 0 unspecified atom stereocenters. The molecule has 198 valence electrons. The maximum Gasteiger partial charge on any atom is 0.260 e. The van der Waals surface area contributed by atoms with Crippen molar-refractivity contribution < 1.29 is 13.9 Å². The number of hydrogen-bond acceptors (Lipinski definition) is 3. The van der Waals surface area contributed by atoms with E-state index >= 15 is 0 Å². The molecule has 1 aliphatic heterocycles. The molecule has 4 aliphatic carbocycles. The van der Waals surface area contributed by atoms with E-state index in [9.17, 15) is 9.18 Å². The van der Waals surface area contributed by atoms with Crippen LogP contribution < -0.4 is 4.74 Å². The quantitative estimate of drug-likeness (QED) is 0.476. The summed E-state index contributed by atoms with van der Waals surface area (Å²) in [7, 11) is 0. The zero-order valence-corrected chi connectivity index (χ0v) is 22.6. The molecule has 5 fully saturated rings. The Balaban J connectivity index is 1.12. The minimum atomic E-state index is -0.208. The van der Waals surface area contributed by atoms with Crippen molar-refractivity contribution in [3.63, 3.8) is 0 Å². The van der Waals surface area contributed by atoms with Gasteiger partial charge in [-0.3, -0.25) is 9.69 Å². The fraction of sp³-hybridized carbons (Fsp3) is 0.594. The zero-order valence-electron chi connectivity index (χ0n) is 22.6. The standard InChI is InChI=1S/C32H41FN2O2/c1-21-4-9-30(29(10-21)32-14-25-11-26(15-32)13-27(12-25)16-32)37-20-31(36)35-18-22(2)34(17-23(35)3)19-24-5-7-28(33)8-6-24/h4-10,22-23,25-27H,11-20H2,1-3H3/t22-,23+,25?,26?,27?,32?/m0/s1. The number of carbonyl (C=O) groups excluding carboxylic acids is 1. The Kier molecular flexibility index (Phi) is 6.55. The van der Waals surface area contributed by atoms with Crippen LogP contribution in [0.5, 0.6) is 5.75 Å². The maximum atomic E-state index is 13.4. The lowest BCUT2D eigenvalue weighted by Gasteiger charge is -2.57. The Morgan fingerprint density at radius 2 is 1.59 bits per heavy atom. The molecule has 4 bridgehead atoms. The summed E-state index contributed by atoms with van der Waals surface area (Å²) >= 11 is 0. The first-order valence-corrected chi connectivity index (χ1v) is 14.3. The van der Waals surface area contributed by atoms with Crippen LogP contribution in [0.15, 0.2) is 42.5 Å². The Labute approximate surface area is 221 Å². The van der Waals surface area contributed by atoms with Crippen LogP contribution in [0.2, 0.25) is 0 Å². The molecule has 2 aromatic carbocycles. The highest BCUT2D eigenvalue weighted by Gasteiger charge is 2.52. The third-order valence-corrected chi connectivity index (χ3v) is 9.83. The van der Waals surface area contributed by atoms with Gasteiger partial charge in [0.05, 0.1) is 0 Å². The molecule has 4 saturated carbocycles. The van der Waals surface area contributed by atoms with Crippen LogP contribution in [0.4, 0.5) is 4.39 Å². The predicted octanol–water partition coefficient (Wildman–Crippen LogP) is 6.10. The summed E-state index contributed by atoms with van der Waals surface area (Å²) in [6.45, 7) is 8.80. The Bertz CT molecular complexity index is 1110. The lowest BCUT2D eigenvalue weighted by atomic mass is 9.48. The second-order valence-corrected chi connectivity index (χ2v) is 12.8. The fourth-order valence-corrected chi connectivity index (χ4v) is 8.44. The van der Waals surface area contributed by atoms with E-state index in [1.807, 2.05) is 17.0 Å². The molecular formula is C32H41FN2O2. The maximum absolute atomic E-state index is 13.4. The van der Waals surface area contributed by atoms with Crippen LogP contribution in [0.25, 0.3) is 0 Å². The number of amides is 1. The molecule has 1 amide bonds. The summed E-state index contributed by atoms with van der Waals surface area (Å²) in [5.74, 6) is 3.40. The van der Waals surface area contributed by atoms with Crippen LogP contribution >= 0.6 is 0 Å². The van der Waals surface area contributed by atoms with Crippen molar-refractivity contribution in [2.24, 2.45) is 17.8 Å². The van der Waals surface area contributed by atoms with Crippen LogP contribution in [-0.2, 0) is 16.8 Å². The monoisotopic (exact) mass is 504 g/mol. The number of halogens is 1. The van der Waals surface area contributed by atoms with Gasteiger partial charge in [0.2, 0.25) is 0 Å². The number of benzene rings is 2. The van der Waals surface area contributed by atoms with Gasteiger partial charge < -0.3 is 9.64 Å². The molecule has 1 heterocycles. The second kappa shape index (κ2) is 9.72. The molecule has 0 N–H and O–H groups in total. The first-order chi connectivity index (χ1) is 17.8. The first-order valence-electron chi connectivity index (χ1n) is 14.3. The van der Waals surface area contributed by atoms with Gasteiger partial charge in [-0.15, -0.1) is 0 Å². The molecule has 1 saturated heterocycles. The number of carbonyl (C=O) groups is 1. The van der Waals surface area contributed by atoms with E-state index in [0.717, 1.165) is 42.2 Å². The van der Waals surface area contributed by atoms with Crippen molar-refractivity contribution >= 4 is 5.91 Å². The minimum Gasteiger partial charge on any atom is -0.483 e. The molecule has 0 radical (unpaired) electrons. The number of piperazine rings is 1. The highest BCUT2D eigenvalue weighted by molar-refractivity contribution is 5.78. The van der Waals surface area contributed by atoms with Crippen molar-refractivity contribution in [1.82, 2.24) is 9.80 Å². The number of rotatable bonds is 6. The summed E-state index contributed by atoms with van der Waals surface area (Å²) in [5, 5.41) is 0. The highest BCUT2D eigenvalue weighted by Crippen LogP contribution is 2.62. The van der Waals surface area contributed by atoms with Crippen molar-refractivity contribution in [2.75, 3.05) is 19.7 Å². The first kappa shape index (κ1) is 24.9. The topological polar surface area (TPSA) is 32.8 Å². The Morgan fingerprint density at radius 3 is 2.24 bits per heavy atom. The summed E-state index contributed by atoms with van der Waals surface area (Å²) in [5.41, 5.74) is 3.99. The van der Waals surface area contributed by atoms with Crippen LogP contribution in [-0.4, -0.2) is 47.5 Å². The second-order valence-electron chi connectivity index (χ2n) is 12.8. The normalized spacial score (nSPS) is 33.1. The van der Waals surface area contributed by atoms with Gasteiger partial charge in [0, 0.05) is 37.3 Å². The molecule has 5 heteroatoms. The van der Waals surface area contributed by atoms with Crippen LogP contribution in [0.1, 0.15) is 69.1 Å². The van der Waals surface area contributed by atoms with E-state index in [1.165, 1.54) is 61.8 Å². The number of hydrogen-bond donors (Lipinski definition) is 0. The van der Waals surface area contributed by atoms with E-state index in [0.29, 0.717) is 6.54 Å². The van der Waals surface area contributed by atoms with E-state index in [1.54, 1.807) is 0 Å². The van der Waals surface area contributed by atoms with E-state index in [-0.39, 0.29) is 35.8 Å². The van der Waals surface area contributed by atoms with E-state index in [2.05, 4.69) is 43.9 Å². The number of ether oxygens (including phenoxy) is 1. The summed E-state index contributed by atoms with van der Waals surface area (Å²) in [6.07, 6.45) is 8.13. The molecule has 37 heavy (non-hydrogen) atoms. The van der Waals surface area contributed by atoms with Gasteiger partial charge in [0.1, 0.15) is 11.6 Å². The molecule has 4 nitrogen and oxygen atoms in total. The van der Waals surface area contributed by atoms with Gasteiger partial charge in [0.15, 0.2) is 6.61 Å². The highest BCUT2D eigenvalue weighted by atomic mass is 19.1. The van der Waals surface area contributed by atoms with E-state index in [4.69, 9.17) is 4.74 Å². The lowest BCUT2D eigenvalue weighted by molar-refractivity contribution is -0.139. The zero-order chi connectivity index (χ0) is 25.7. The van der Waals surface area contributed by atoms with Gasteiger partial charge in [-0.05, 0) is 106 Å². The molecule has 2 aromatic rings. The lowest BCUT2D eigenvalue weighted by Crippen LogP contribution is -2.58. The van der Waals surface area contributed by atoms with Crippen molar-refractivity contribution in [2.45, 2.75) is 83.3 Å². The van der Waals surface area contributed by atoms with Gasteiger partial charge >= 0.3 is 0 Å².